The molecule has 3 saturated heterocycles. The van der Waals surface area contributed by atoms with Gasteiger partial charge in [-0.05, 0) is 38.4 Å². The molecule has 0 saturated carbocycles. The van der Waals surface area contributed by atoms with Crippen molar-refractivity contribution in [1.29, 1.82) is 0 Å². The Balaban J connectivity index is 1.50. The summed E-state index contributed by atoms with van der Waals surface area (Å²) in [5, 5.41) is 0. The van der Waals surface area contributed by atoms with E-state index in [9.17, 15) is 4.79 Å². The van der Waals surface area contributed by atoms with E-state index in [-0.39, 0.29) is 18.2 Å². The van der Waals surface area contributed by atoms with Gasteiger partial charge in [0.25, 0.3) is 0 Å². The van der Waals surface area contributed by atoms with Gasteiger partial charge in [0.2, 0.25) is 0 Å². The second kappa shape index (κ2) is 5.11. The standard InChI is InChI=1S/C17H21NO3/c1-18-12-7-8-13(18)16-14(9-12)20-10-15(16)21-17(19)11-5-3-2-4-6-11/h2-6,12-16H,7-10H2,1H3/t12-,13+,14-,15-,16+/m1/s1. The summed E-state index contributed by atoms with van der Waals surface area (Å²) in [6, 6.07) is 10.4. The molecule has 4 rings (SSSR count). The summed E-state index contributed by atoms with van der Waals surface area (Å²) in [7, 11) is 2.20. The lowest BCUT2D eigenvalue weighted by atomic mass is 9.85. The van der Waals surface area contributed by atoms with E-state index in [0.717, 1.165) is 6.42 Å². The van der Waals surface area contributed by atoms with E-state index in [1.54, 1.807) is 12.1 Å². The van der Waals surface area contributed by atoms with Crippen LogP contribution in [0, 0.1) is 5.92 Å². The van der Waals surface area contributed by atoms with Crippen molar-refractivity contribution >= 4 is 5.97 Å². The molecule has 21 heavy (non-hydrogen) atoms. The Morgan fingerprint density at radius 3 is 2.90 bits per heavy atom. The number of hydrogen-bond acceptors (Lipinski definition) is 4. The van der Waals surface area contributed by atoms with Crippen LogP contribution in [0.5, 0.6) is 0 Å². The van der Waals surface area contributed by atoms with E-state index in [4.69, 9.17) is 9.47 Å². The first-order valence-electron chi connectivity index (χ1n) is 7.83. The number of fused-ring (bicyclic) bond motifs is 4. The first-order chi connectivity index (χ1) is 10.2. The molecule has 3 aliphatic rings. The predicted molar refractivity (Wildman–Crippen MR) is 78.1 cm³/mol. The van der Waals surface area contributed by atoms with Crippen molar-refractivity contribution < 1.29 is 14.3 Å². The second-order valence-corrected chi connectivity index (χ2v) is 6.46. The van der Waals surface area contributed by atoms with E-state index < -0.39 is 0 Å². The van der Waals surface area contributed by atoms with Crippen LogP contribution in [0.4, 0.5) is 0 Å². The fourth-order valence-corrected chi connectivity index (χ4v) is 4.35. The Morgan fingerprint density at radius 1 is 1.29 bits per heavy atom. The van der Waals surface area contributed by atoms with Gasteiger partial charge < -0.3 is 9.47 Å². The van der Waals surface area contributed by atoms with Crippen LogP contribution in [0.15, 0.2) is 30.3 Å². The zero-order valence-electron chi connectivity index (χ0n) is 12.3. The van der Waals surface area contributed by atoms with Crippen molar-refractivity contribution in [2.24, 2.45) is 5.92 Å². The Bertz CT molecular complexity index is 532. The Hall–Kier alpha value is -1.39. The van der Waals surface area contributed by atoms with Gasteiger partial charge in [-0.1, -0.05) is 18.2 Å². The molecule has 3 aliphatic heterocycles. The third-order valence-electron chi connectivity index (χ3n) is 5.44. The minimum atomic E-state index is -0.229. The van der Waals surface area contributed by atoms with Gasteiger partial charge in [-0.2, -0.15) is 0 Å². The van der Waals surface area contributed by atoms with Gasteiger partial charge in [0.05, 0.1) is 18.3 Å². The van der Waals surface area contributed by atoms with Crippen molar-refractivity contribution in [3.05, 3.63) is 35.9 Å². The van der Waals surface area contributed by atoms with Crippen LogP contribution in [-0.4, -0.2) is 48.8 Å². The van der Waals surface area contributed by atoms with Crippen LogP contribution >= 0.6 is 0 Å². The van der Waals surface area contributed by atoms with E-state index in [1.807, 2.05) is 18.2 Å². The first-order valence-corrected chi connectivity index (χ1v) is 7.83. The number of hydrogen-bond donors (Lipinski definition) is 0. The van der Waals surface area contributed by atoms with Gasteiger partial charge in [-0.3, -0.25) is 4.90 Å². The second-order valence-electron chi connectivity index (χ2n) is 6.46. The van der Waals surface area contributed by atoms with E-state index in [1.165, 1.54) is 12.8 Å². The summed E-state index contributed by atoms with van der Waals surface area (Å²) in [5.41, 5.74) is 0.620. The van der Waals surface area contributed by atoms with Crippen molar-refractivity contribution in [2.75, 3.05) is 13.7 Å². The van der Waals surface area contributed by atoms with Gasteiger partial charge in [0.1, 0.15) is 6.10 Å². The quantitative estimate of drug-likeness (QED) is 0.781. The fraction of sp³-hybridized carbons (Fsp3) is 0.588. The van der Waals surface area contributed by atoms with Crippen LogP contribution in [0.3, 0.4) is 0 Å². The van der Waals surface area contributed by atoms with Crippen molar-refractivity contribution in [2.45, 2.75) is 43.6 Å². The number of carbonyl (C=O) groups is 1. The summed E-state index contributed by atoms with van der Waals surface area (Å²) in [6.45, 7) is 0.547. The van der Waals surface area contributed by atoms with Crippen LogP contribution in [0.25, 0.3) is 0 Å². The molecule has 0 amide bonds. The van der Waals surface area contributed by atoms with Gasteiger partial charge in [0, 0.05) is 18.0 Å². The number of nitrogens with zero attached hydrogens (tertiary/aromatic N) is 1. The largest absolute Gasteiger partial charge is 0.456 e. The van der Waals surface area contributed by atoms with Crippen LogP contribution in [0.1, 0.15) is 29.6 Å². The van der Waals surface area contributed by atoms with Gasteiger partial charge in [-0.25, -0.2) is 4.79 Å². The molecule has 5 atom stereocenters. The zero-order chi connectivity index (χ0) is 14.4. The Labute approximate surface area is 125 Å². The molecule has 2 bridgehead atoms. The average Bonchev–Trinajstić information content (AvgIpc) is 2.99. The SMILES string of the molecule is CN1[C@@H]2CC[C@H]1[C@H]1[C@@H](C2)OC[C@H]1OC(=O)c1ccccc1. The van der Waals surface area contributed by atoms with Crippen molar-refractivity contribution in [3.63, 3.8) is 0 Å². The number of ether oxygens (including phenoxy) is 2. The lowest BCUT2D eigenvalue weighted by Gasteiger charge is -2.40. The molecule has 0 unspecified atom stereocenters. The van der Waals surface area contributed by atoms with Gasteiger partial charge >= 0.3 is 5.97 Å². The molecule has 0 spiro atoms. The van der Waals surface area contributed by atoms with E-state index in [0.29, 0.717) is 30.2 Å². The van der Waals surface area contributed by atoms with Crippen LogP contribution < -0.4 is 0 Å². The van der Waals surface area contributed by atoms with Crippen LogP contribution in [-0.2, 0) is 9.47 Å². The molecular formula is C17H21NO3. The molecule has 3 fully saturated rings. The molecule has 0 aliphatic carbocycles. The monoisotopic (exact) mass is 287 g/mol. The molecule has 1 aromatic rings. The summed E-state index contributed by atoms with van der Waals surface area (Å²) in [6.07, 6.45) is 3.69. The molecule has 0 N–H and O–H groups in total. The minimum absolute atomic E-state index is 0.103. The number of esters is 1. The number of rotatable bonds is 2. The fourth-order valence-electron chi connectivity index (χ4n) is 4.35. The van der Waals surface area contributed by atoms with Crippen LogP contribution in [0.2, 0.25) is 0 Å². The highest BCUT2D eigenvalue weighted by molar-refractivity contribution is 5.89. The predicted octanol–water partition coefficient (Wildman–Crippen LogP) is 2.09. The maximum atomic E-state index is 12.3. The molecule has 1 aromatic carbocycles. The maximum absolute atomic E-state index is 12.3. The lowest BCUT2D eigenvalue weighted by molar-refractivity contribution is -0.00937. The molecule has 4 nitrogen and oxygen atoms in total. The normalized spacial score (nSPS) is 38.2. The first kappa shape index (κ1) is 13.3. The molecular weight excluding hydrogens is 266 g/mol. The molecule has 112 valence electrons. The van der Waals surface area contributed by atoms with Crippen molar-refractivity contribution in [3.8, 4) is 0 Å². The highest BCUT2D eigenvalue weighted by Gasteiger charge is 2.53. The Kier molecular flexibility index (Phi) is 3.23. The zero-order valence-corrected chi connectivity index (χ0v) is 12.3. The smallest absolute Gasteiger partial charge is 0.338 e. The number of benzene rings is 1. The van der Waals surface area contributed by atoms with Gasteiger partial charge in [-0.15, -0.1) is 0 Å². The van der Waals surface area contributed by atoms with Gasteiger partial charge in [0.15, 0.2) is 0 Å². The number of carbonyl (C=O) groups excluding carboxylic acids is 1. The van der Waals surface area contributed by atoms with E-state index >= 15 is 0 Å². The van der Waals surface area contributed by atoms with Crippen molar-refractivity contribution in [1.82, 2.24) is 4.90 Å². The third-order valence-corrected chi connectivity index (χ3v) is 5.44. The Morgan fingerprint density at radius 2 is 2.10 bits per heavy atom. The minimum Gasteiger partial charge on any atom is -0.456 e. The molecule has 0 aromatic heterocycles. The highest BCUT2D eigenvalue weighted by Crippen LogP contribution is 2.44. The summed E-state index contributed by atoms with van der Waals surface area (Å²) in [5.74, 6) is 0.106. The van der Waals surface area contributed by atoms with E-state index in [2.05, 4.69) is 11.9 Å². The average molecular weight is 287 g/mol. The molecule has 3 heterocycles. The highest BCUT2D eigenvalue weighted by atomic mass is 16.6. The summed E-state index contributed by atoms with van der Waals surface area (Å²) in [4.78, 5) is 14.7. The number of piperidine rings is 1. The maximum Gasteiger partial charge on any atom is 0.338 e. The summed E-state index contributed by atoms with van der Waals surface area (Å²) >= 11 is 0. The topological polar surface area (TPSA) is 38.8 Å². The molecule has 0 radical (unpaired) electrons. The lowest BCUT2D eigenvalue weighted by Crippen LogP contribution is -2.50. The molecule has 4 heteroatoms. The summed E-state index contributed by atoms with van der Waals surface area (Å²) < 4.78 is 11.7. The third kappa shape index (κ3) is 2.17.